The van der Waals surface area contributed by atoms with Crippen LogP contribution in [0.3, 0.4) is 0 Å². The Morgan fingerprint density at radius 2 is 1.85 bits per heavy atom. The highest BCUT2D eigenvalue weighted by molar-refractivity contribution is 5.72. The van der Waals surface area contributed by atoms with Gasteiger partial charge in [0.1, 0.15) is 18.8 Å². The molecule has 6 heteroatoms. The van der Waals surface area contributed by atoms with Gasteiger partial charge in [0.15, 0.2) is 6.29 Å². The third-order valence-corrected chi connectivity index (χ3v) is 3.55. The second kappa shape index (κ2) is 8.56. The molecule has 6 nitrogen and oxygen atoms in total. The summed E-state index contributed by atoms with van der Waals surface area (Å²) >= 11 is 0. The topological polar surface area (TPSA) is 96.2 Å². The number of aliphatic hydroxyl groups is 3. The van der Waals surface area contributed by atoms with Gasteiger partial charge in [-0.05, 0) is 12.8 Å². The predicted molar refractivity (Wildman–Crippen MR) is 71.8 cm³/mol. The van der Waals surface area contributed by atoms with Gasteiger partial charge in [-0.25, -0.2) is 0 Å². The minimum Gasteiger partial charge on any atom is -0.463 e. The molecule has 0 saturated carbocycles. The molecular formula is C14H26O6. The number of aliphatic hydroxyl groups excluding tert-OH is 3. The summed E-state index contributed by atoms with van der Waals surface area (Å²) in [7, 11) is 0. The lowest BCUT2D eigenvalue weighted by molar-refractivity contribution is -0.242. The van der Waals surface area contributed by atoms with Crippen LogP contribution in [0.5, 0.6) is 0 Å². The number of carbonyl (C=O) groups excluding carboxylic acids is 1. The molecule has 4 atom stereocenters. The average Bonchev–Trinajstić information content (AvgIpc) is 2.40. The summed E-state index contributed by atoms with van der Waals surface area (Å²) in [6.45, 7) is 3.87. The lowest BCUT2D eigenvalue weighted by Crippen LogP contribution is -2.50. The Morgan fingerprint density at radius 3 is 2.40 bits per heavy atom. The summed E-state index contributed by atoms with van der Waals surface area (Å²) in [4.78, 5) is 12.0. The van der Waals surface area contributed by atoms with Gasteiger partial charge >= 0.3 is 5.97 Å². The van der Waals surface area contributed by atoms with Crippen LogP contribution in [0.4, 0.5) is 0 Å². The fraction of sp³-hybridized carbons (Fsp3) is 0.929. The Labute approximate surface area is 119 Å². The standard InChI is InChI=1S/C14H26O6/c1-3-5-9(6-4-2)14(18)19-8-11-13(17)10(15)7-12(16)20-11/h9-13,15-17H,3-8H2,1-2H3/t10-,11-,12+,13+/m1/s1. The minimum absolute atomic E-state index is 0.0418. The zero-order valence-corrected chi connectivity index (χ0v) is 12.2. The predicted octanol–water partition coefficient (Wildman–Crippen LogP) is 0.575. The van der Waals surface area contributed by atoms with Gasteiger partial charge in [-0.15, -0.1) is 0 Å². The zero-order valence-electron chi connectivity index (χ0n) is 12.2. The molecule has 20 heavy (non-hydrogen) atoms. The highest BCUT2D eigenvalue weighted by Crippen LogP contribution is 2.21. The number of hydrogen-bond donors (Lipinski definition) is 3. The van der Waals surface area contributed by atoms with Crippen molar-refractivity contribution in [3.05, 3.63) is 0 Å². The van der Waals surface area contributed by atoms with E-state index in [1.807, 2.05) is 13.8 Å². The van der Waals surface area contributed by atoms with Crippen LogP contribution in [0.15, 0.2) is 0 Å². The number of ether oxygens (including phenoxy) is 2. The molecule has 0 amide bonds. The van der Waals surface area contributed by atoms with Crippen LogP contribution < -0.4 is 0 Å². The minimum atomic E-state index is -1.15. The molecule has 1 aliphatic heterocycles. The van der Waals surface area contributed by atoms with E-state index in [0.717, 1.165) is 25.7 Å². The molecule has 0 aliphatic carbocycles. The quantitative estimate of drug-likeness (QED) is 0.593. The molecule has 118 valence electrons. The Bertz CT molecular complexity index is 289. The van der Waals surface area contributed by atoms with E-state index in [4.69, 9.17) is 9.47 Å². The van der Waals surface area contributed by atoms with E-state index >= 15 is 0 Å². The molecule has 1 saturated heterocycles. The maximum atomic E-state index is 12.0. The Balaban J connectivity index is 2.45. The molecule has 0 spiro atoms. The fourth-order valence-corrected chi connectivity index (χ4v) is 2.43. The Kier molecular flexibility index (Phi) is 7.43. The van der Waals surface area contributed by atoms with Crippen molar-refractivity contribution in [3.8, 4) is 0 Å². The van der Waals surface area contributed by atoms with Crippen LogP contribution in [-0.2, 0) is 14.3 Å². The van der Waals surface area contributed by atoms with Gasteiger partial charge in [-0.3, -0.25) is 4.79 Å². The molecule has 0 aromatic heterocycles. The monoisotopic (exact) mass is 290 g/mol. The van der Waals surface area contributed by atoms with Gasteiger partial charge < -0.3 is 24.8 Å². The summed E-state index contributed by atoms with van der Waals surface area (Å²) in [5.74, 6) is -0.445. The number of carbonyl (C=O) groups is 1. The van der Waals surface area contributed by atoms with E-state index in [-0.39, 0.29) is 24.9 Å². The molecule has 1 rings (SSSR count). The normalized spacial score (nSPS) is 30.5. The molecule has 0 radical (unpaired) electrons. The van der Waals surface area contributed by atoms with Crippen molar-refractivity contribution in [2.45, 2.75) is 70.6 Å². The zero-order chi connectivity index (χ0) is 15.1. The Hall–Kier alpha value is -0.690. The third-order valence-electron chi connectivity index (χ3n) is 3.55. The third kappa shape index (κ3) is 5.01. The highest BCUT2D eigenvalue weighted by Gasteiger charge is 2.37. The molecule has 0 aromatic carbocycles. The van der Waals surface area contributed by atoms with Crippen molar-refractivity contribution in [3.63, 3.8) is 0 Å². The second-order valence-corrected chi connectivity index (χ2v) is 5.33. The Morgan fingerprint density at radius 1 is 1.25 bits per heavy atom. The van der Waals surface area contributed by atoms with Crippen LogP contribution in [0.2, 0.25) is 0 Å². The molecule has 1 aliphatic rings. The second-order valence-electron chi connectivity index (χ2n) is 5.33. The van der Waals surface area contributed by atoms with Gasteiger partial charge in [0.25, 0.3) is 0 Å². The van der Waals surface area contributed by atoms with Crippen LogP contribution in [0.1, 0.15) is 46.0 Å². The van der Waals surface area contributed by atoms with Crippen molar-refractivity contribution in [1.82, 2.24) is 0 Å². The van der Waals surface area contributed by atoms with E-state index in [1.165, 1.54) is 0 Å². The van der Waals surface area contributed by atoms with Crippen molar-refractivity contribution in [1.29, 1.82) is 0 Å². The summed E-state index contributed by atoms with van der Waals surface area (Å²) in [6.07, 6.45) is -0.940. The molecule has 3 N–H and O–H groups in total. The number of esters is 1. The first kappa shape index (κ1) is 17.4. The average molecular weight is 290 g/mol. The van der Waals surface area contributed by atoms with Gasteiger partial charge in [0, 0.05) is 6.42 Å². The maximum Gasteiger partial charge on any atom is 0.309 e. The van der Waals surface area contributed by atoms with Crippen molar-refractivity contribution >= 4 is 5.97 Å². The van der Waals surface area contributed by atoms with Crippen LogP contribution in [-0.4, -0.2) is 52.5 Å². The molecule has 0 aromatic rings. The van der Waals surface area contributed by atoms with E-state index in [9.17, 15) is 20.1 Å². The summed E-state index contributed by atoms with van der Waals surface area (Å²) < 4.78 is 10.3. The van der Waals surface area contributed by atoms with Crippen LogP contribution in [0, 0.1) is 5.92 Å². The van der Waals surface area contributed by atoms with Gasteiger partial charge in [0.2, 0.25) is 0 Å². The van der Waals surface area contributed by atoms with Gasteiger partial charge in [-0.2, -0.15) is 0 Å². The number of hydrogen-bond acceptors (Lipinski definition) is 6. The van der Waals surface area contributed by atoms with E-state index < -0.39 is 24.6 Å². The number of rotatable bonds is 7. The molecular weight excluding hydrogens is 264 g/mol. The SMILES string of the molecule is CCCC(CCC)C(=O)OC[C@H]1O[C@H](O)C[C@@H](O)[C@@H]1O. The first-order valence-electron chi connectivity index (χ1n) is 7.35. The van der Waals surface area contributed by atoms with Crippen molar-refractivity contribution < 1.29 is 29.6 Å². The van der Waals surface area contributed by atoms with Crippen LogP contribution in [0.25, 0.3) is 0 Å². The molecule has 1 fully saturated rings. The summed E-state index contributed by atoms with van der Waals surface area (Å²) in [5.41, 5.74) is 0. The lowest BCUT2D eigenvalue weighted by Gasteiger charge is -2.34. The van der Waals surface area contributed by atoms with Crippen LogP contribution >= 0.6 is 0 Å². The molecule has 1 heterocycles. The smallest absolute Gasteiger partial charge is 0.309 e. The lowest BCUT2D eigenvalue weighted by atomic mass is 9.98. The van der Waals surface area contributed by atoms with Gasteiger partial charge in [-0.1, -0.05) is 26.7 Å². The first-order valence-corrected chi connectivity index (χ1v) is 7.35. The summed E-state index contributed by atoms with van der Waals surface area (Å²) in [6, 6.07) is 0. The largest absolute Gasteiger partial charge is 0.463 e. The van der Waals surface area contributed by atoms with Gasteiger partial charge in [0.05, 0.1) is 12.0 Å². The van der Waals surface area contributed by atoms with Crippen molar-refractivity contribution in [2.24, 2.45) is 5.92 Å². The summed E-state index contributed by atoms with van der Waals surface area (Å²) in [5, 5.41) is 28.6. The fourth-order valence-electron chi connectivity index (χ4n) is 2.43. The molecule has 0 bridgehead atoms. The van der Waals surface area contributed by atoms with E-state index in [1.54, 1.807) is 0 Å². The molecule has 0 unspecified atom stereocenters. The van der Waals surface area contributed by atoms with E-state index in [0.29, 0.717) is 0 Å². The first-order chi connectivity index (χ1) is 9.49. The van der Waals surface area contributed by atoms with Crippen molar-refractivity contribution in [2.75, 3.05) is 6.61 Å². The maximum absolute atomic E-state index is 12.0. The highest BCUT2D eigenvalue weighted by atomic mass is 16.6. The van der Waals surface area contributed by atoms with E-state index in [2.05, 4.69) is 0 Å².